The Labute approximate surface area is 197 Å². The number of anilines is 2. The second-order valence-electron chi connectivity index (χ2n) is 7.39. The van der Waals surface area contributed by atoms with Crippen molar-refractivity contribution in [3.8, 4) is 11.5 Å². The zero-order valence-corrected chi connectivity index (χ0v) is 18.9. The molecule has 168 valence electrons. The van der Waals surface area contributed by atoms with Crippen molar-refractivity contribution in [2.75, 3.05) is 25.6 Å². The number of fused-ring (bicyclic) bond motifs is 2. The van der Waals surface area contributed by atoms with Gasteiger partial charge >= 0.3 is 0 Å². The second-order valence-corrected chi connectivity index (χ2v) is 8.58. The highest BCUT2D eigenvalue weighted by Gasteiger charge is 2.49. The molecule has 0 saturated carbocycles. The average molecular weight is 501 g/mol. The zero-order chi connectivity index (χ0) is 22.4. The number of nitrogens with one attached hydrogen (secondary N) is 1. The van der Waals surface area contributed by atoms with Crippen LogP contribution in [0.1, 0.15) is 0 Å². The van der Waals surface area contributed by atoms with E-state index in [1.54, 1.807) is 24.3 Å². The minimum Gasteiger partial charge on any atom is -0.493 e. The highest BCUT2D eigenvalue weighted by atomic mass is 35.5. The Morgan fingerprint density at radius 3 is 2.50 bits per heavy atom. The standard InChI is InChI=1S/C21H17Cl3FN3O4/c1-29-15-4-10-14(5-16(15)32-17-7-31-19-13(25)6-30-20(17)19)26-8-27-21(10)28-9-2-11(22)18(24)12(23)3-9/h2-5,8,13,17,19-20H,6-7H2,1H3,(H,26,27,28)/t13?,17?,19-,20-/m0/s1. The molecule has 0 bridgehead atoms. The van der Waals surface area contributed by atoms with Gasteiger partial charge in [-0.1, -0.05) is 34.8 Å². The fourth-order valence-electron chi connectivity index (χ4n) is 3.86. The van der Waals surface area contributed by atoms with E-state index in [1.807, 2.05) is 0 Å². The van der Waals surface area contributed by atoms with E-state index >= 15 is 0 Å². The largest absolute Gasteiger partial charge is 0.493 e. The molecule has 0 spiro atoms. The van der Waals surface area contributed by atoms with Gasteiger partial charge in [0.2, 0.25) is 0 Å². The van der Waals surface area contributed by atoms with Crippen LogP contribution in [0.15, 0.2) is 30.6 Å². The first-order valence-corrected chi connectivity index (χ1v) is 10.9. The van der Waals surface area contributed by atoms with E-state index in [0.717, 1.165) is 0 Å². The van der Waals surface area contributed by atoms with Crippen molar-refractivity contribution in [3.05, 3.63) is 45.7 Å². The Hall–Kier alpha value is -2.10. The topological polar surface area (TPSA) is 74.7 Å². The summed E-state index contributed by atoms with van der Waals surface area (Å²) in [6.07, 6.45) is -1.26. The summed E-state index contributed by atoms with van der Waals surface area (Å²) in [6, 6.07) is 6.79. The predicted octanol–water partition coefficient (Wildman–Crippen LogP) is 5.23. The normalized spacial score (nSPS) is 24.5. The highest BCUT2D eigenvalue weighted by Crippen LogP contribution is 2.39. The predicted molar refractivity (Wildman–Crippen MR) is 120 cm³/mol. The molecule has 4 atom stereocenters. The number of hydrogen-bond donors (Lipinski definition) is 1. The van der Waals surface area contributed by atoms with Crippen LogP contribution in [0, 0.1) is 0 Å². The summed E-state index contributed by atoms with van der Waals surface area (Å²) in [5.74, 6) is 1.42. The van der Waals surface area contributed by atoms with Gasteiger partial charge in [-0.2, -0.15) is 0 Å². The smallest absolute Gasteiger partial charge is 0.164 e. The first-order chi connectivity index (χ1) is 15.4. The summed E-state index contributed by atoms with van der Waals surface area (Å²) in [5, 5.41) is 4.76. The lowest BCUT2D eigenvalue weighted by atomic mass is 10.1. The molecular formula is C21H17Cl3FN3O4. The van der Waals surface area contributed by atoms with Gasteiger partial charge in [0, 0.05) is 17.1 Å². The Bertz CT molecular complexity index is 1160. The number of halogens is 4. The SMILES string of the molecule is COc1cc2c(Nc3cc(Cl)c(Cl)c(Cl)c3)ncnc2cc1OC1CO[C@H]2C(F)CO[C@@H]12. The van der Waals surface area contributed by atoms with Gasteiger partial charge in [0.1, 0.15) is 24.4 Å². The molecule has 5 rings (SSSR count). The average Bonchev–Trinajstić information content (AvgIpc) is 3.35. The Morgan fingerprint density at radius 1 is 1.00 bits per heavy atom. The van der Waals surface area contributed by atoms with Crippen LogP contribution in [0.4, 0.5) is 15.9 Å². The molecule has 3 heterocycles. The van der Waals surface area contributed by atoms with Crippen LogP contribution in [0.5, 0.6) is 11.5 Å². The molecule has 32 heavy (non-hydrogen) atoms. The molecule has 3 aromatic rings. The van der Waals surface area contributed by atoms with Gasteiger partial charge in [-0.05, 0) is 18.2 Å². The minimum absolute atomic E-state index is 0.00499. The van der Waals surface area contributed by atoms with Crippen LogP contribution >= 0.6 is 34.8 Å². The van der Waals surface area contributed by atoms with E-state index in [4.69, 9.17) is 53.8 Å². The third kappa shape index (κ3) is 3.91. The molecule has 1 aromatic heterocycles. The maximum atomic E-state index is 13.9. The minimum atomic E-state index is -1.15. The van der Waals surface area contributed by atoms with Crippen molar-refractivity contribution in [3.63, 3.8) is 0 Å². The third-order valence-corrected chi connectivity index (χ3v) is 6.59. The van der Waals surface area contributed by atoms with E-state index in [9.17, 15) is 4.39 Å². The number of aromatic nitrogens is 2. The monoisotopic (exact) mass is 499 g/mol. The molecule has 11 heteroatoms. The Kier molecular flexibility index (Phi) is 5.90. The molecular weight excluding hydrogens is 484 g/mol. The number of alkyl halides is 1. The summed E-state index contributed by atoms with van der Waals surface area (Å²) >= 11 is 18.3. The summed E-state index contributed by atoms with van der Waals surface area (Å²) < 4.78 is 36.5. The number of ether oxygens (including phenoxy) is 4. The van der Waals surface area contributed by atoms with E-state index in [-0.39, 0.29) is 18.2 Å². The Morgan fingerprint density at radius 2 is 1.75 bits per heavy atom. The number of nitrogens with zero attached hydrogens (tertiary/aromatic N) is 2. The molecule has 2 aliphatic heterocycles. The van der Waals surface area contributed by atoms with E-state index in [2.05, 4.69) is 15.3 Å². The molecule has 0 aliphatic carbocycles. The first kappa shape index (κ1) is 21.7. The van der Waals surface area contributed by atoms with Crippen molar-refractivity contribution >= 4 is 57.2 Å². The maximum Gasteiger partial charge on any atom is 0.164 e. The Balaban J connectivity index is 1.46. The van der Waals surface area contributed by atoms with E-state index in [0.29, 0.717) is 44.0 Å². The number of benzene rings is 2. The van der Waals surface area contributed by atoms with Crippen molar-refractivity contribution < 1.29 is 23.3 Å². The van der Waals surface area contributed by atoms with E-state index < -0.39 is 24.5 Å². The van der Waals surface area contributed by atoms with Crippen LogP contribution in [-0.2, 0) is 9.47 Å². The van der Waals surface area contributed by atoms with Crippen molar-refractivity contribution in [2.24, 2.45) is 0 Å². The second kappa shape index (κ2) is 8.68. The van der Waals surface area contributed by atoms with Crippen LogP contribution in [-0.4, -0.2) is 54.8 Å². The van der Waals surface area contributed by atoms with E-state index in [1.165, 1.54) is 13.4 Å². The zero-order valence-electron chi connectivity index (χ0n) is 16.6. The third-order valence-electron chi connectivity index (χ3n) is 5.39. The molecule has 0 amide bonds. The van der Waals surface area contributed by atoms with Crippen LogP contribution in [0.2, 0.25) is 15.1 Å². The molecule has 2 fully saturated rings. The molecule has 2 aliphatic rings. The maximum absolute atomic E-state index is 13.9. The summed E-state index contributed by atoms with van der Waals surface area (Å²) in [6.45, 7) is 0.233. The molecule has 2 aromatic carbocycles. The van der Waals surface area contributed by atoms with Crippen LogP contribution < -0.4 is 14.8 Å². The first-order valence-electron chi connectivity index (χ1n) is 9.73. The lowest BCUT2D eigenvalue weighted by Crippen LogP contribution is -2.33. The number of hydrogen-bond acceptors (Lipinski definition) is 7. The molecule has 2 unspecified atom stereocenters. The summed E-state index contributed by atoms with van der Waals surface area (Å²) in [4.78, 5) is 8.66. The van der Waals surface area contributed by atoms with Gasteiger partial charge in [0.15, 0.2) is 23.8 Å². The number of methoxy groups -OCH3 is 1. The molecule has 2 saturated heterocycles. The summed E-state index contributed by atoms with van der Waals surface area (Å²) in [7, 11) is 1.53. The van der Waals surface area contributed by atoms with Gasteiger partial charge in [0.25, 0.3) is 0 Å². The highest BCUT2D eigenvalue weighted by molar-refractivity contribution is 6.48. The summed E-state index contributed by atoms with van der Waals surface area (Å²) in [5.41, 5.74) is 1.22. The van der Waals surface area contributed by atoms with Gasteiger partial charge in [0.05, 0.1) is 40.9 Å². The van der Waals surface area contributed by atoms with Crippen molar-refractivity contribution in [2.45, 2.75) is 24.5 Å². The van der Waals surface area contributed by atoms with Gasteiger partial charge in [-0.15, -0.1) is 0 Å². The fourth-order valence-corrected chi connectivity index (χ4v) is 4.46. The lowest BCUT2D eigenvalue weighted by Gasteiger charge is -2.20. The molecule has 0 radical (unpaired) electrons. The van der Waals surface area contributed by atoms with Gasteiger partial charge < -0.3 is 24.3 Å². The number of rotatable bonds is 5. The molecule has 1 N–H and O–H groups in total. The molecule has 7 nitrogen and oxygen atoms in total. The van der Waals surface area contributed by atoms with Gasteiger partial charge in [-0.3, -0.25) is 0 Å². The van der Waals surface area contributed by atoms with Crippen LogP contribution in [0.25, 0.3) is 10.9 Å². The fraction of sp³-hybridized carbons (Fsp3) is 0.333. The van der Waals surface area contributed by atoms with Crippen LogP contribution in [0.3, 0.4) is 0 Å². The van der Waals surface area contributed by atoms with Gasteiger partial charge in [-0.25, -0.2) is 14.4 Å². The van der Waals surface area contributed by atoms with Crippen molar-refractivity contribution in [1.29, 1.82) is 0 Å². The van der Waals surface area contributed by atoms with Crippen molar-refractivity contribution in [1.82, 2.24) is 9.97 Å². The lowest BCUT2D eigenvalue weighted by molar-refractivity contribution is 0.0271. The quantitative estimate of drug-likeness (QED) is 0.481.